The SMILES string of the molecule is Cc1ccc(F)cc1Oc1cc(N)ccc1C(=O)N(C)C. The lowest BCUT2D eigenvalue weighted by Crippen LogP contribution is -2.22. The second-order valence-corrected chi connectivity index (χ2v) is 4.97. The van der Waals surface area contributed by atoms with Gasteiger partial charge in [-0.15, -0.1) is 0 Å². The molecule has 0 fully saturated rings. The van der Waals surface area contributed by atoms with E-state index in [1.165, 1.54) is 17.0 Å². The van der Waals surface area contributed by atoms with Gasteiger partial charge in [-0.05, 0) is 30.7 Å². The Labute approximate surface area is 122 Å². The van der Waals surface area contributed by atoms with Gasteiger partial charge in [-0.1, -0.05) is 6.07 Å². The fourth-order valence-corrected chi connectivity index (χ4v) is 1.84. The normalized spacial score (nSPS) is 10.3. The Kier molecular flexibility index (Phi) is 4.12. The molecule has 5 heteroatoms. The van der Waals surface area contributed by atoms with Crippen LogP contribution in [0.2, 0.25) is 0 Å². The molecule has 0 unspecified atom stereocenters. The summed E-state index contributed by atoms with van der Waals surface area (Å²) < 4.78 is 19.0. The van der Waals surface area contributed by atoms with Crippen LogP contribution in [0.4, 0.5) is 10.1 Å². The van der Waals surface area contributed by atoms with E-state index in [9.17, 15) is 9.18 Å². The Hall–Kier alpha value is -2.56. The van der Waals surface area contributed by atoms with E-state index >= 15 is 0 Å². The van der Waals surface area contributed by atoms with Gasteiger partial charge in [0.15, 0.2) is 0 Å². The lowest BCUT2D eigenvalue weighted by molar-refractivity contribution is 0.0825. The molecule has 0 heterocycles. The number of hydrogen-bond acceptors (Lipinski definition) is 3. The molecule has 0 radical (unpaired) electrons. The highest BCUT2D eigenvalue weighted by Gasteiger charge is 2.16. The molecule has 0 bridgehead atoms. The number of amides is 1. The fourth-order valence-electron chi connectivity index (χ4n) is 1.84. The number of halogens is 1. The number of hydrogen-bond donors (Lipinski definition) is 1. The third-order valence-corrected chi connectivity index (χ3v) is 3.01. The van der Waals surface area contributed by atoms with Crippen molar-refractivity contribution in [2.45, 2.75) is 6.92 Å². The van der Waals surface area contributed by atoms with Crippen molar-refractivity contribution < 1.29 is 13.9 Å². The molecular weight excluding hydrogens is 271 g/mol. The van der Waals surface area contributed by atoms with Gasteiger partial charge in [0.1, 0.15) is 17.3 Å². The van der Waals surface area contributed by atoms with E-state index in [1.807, 2.05) is 0 Å². The lowest BCUT2D eigenvalue weighted by Gasteiger charge is -2.16. The van der Waals surface area contributed by atoms with Crippen LogP contribution in [-0.4, -0.2) is 24.9 Å². The molecule has 0 aliphatic rings. The zero-order valence-corrected chi connectivity index (χ0v) is 12.2. The standard InChI is InChI=1S/C16H17FN2O2/c1-10-4-5-11(17)8-14(10)21-15-9-12(18)6-7-13(15)16(20)19(2)3/h4-9H,18H2,1-3H3. The summed E-state index contributed by atoms with van der Waals surface area (Å²) in [5, 5.41) is 0. The Morgan fingerprint density at radius 1 is 1.14 bits per heavy atom. The van der Waals surface area contributed by atoms with Crippen LogP contribution in [0.15, 0.2) is 36.4 Å². The molecule has 0 atom stereocenters. The average Bonchev–Trinajstić information content (AvgIpc) is 2.42. The van der Waals surface area contributed by atoms with Gasteiger partial charge in [-0.25, -0.2) is 4.39 Å². The van der Waals surface area contributed by atoms with Gasteiger partial charge >= 0.3 is 0 Å². The highest BCUT2D eigenvalue weighted by Crippen LogP contribution is 2.30. The van der Waals surface area contributed by atoms with Crippen LogP contribution in [0, 0.1) is 12.7 Å². The van der Waals surface area contributed by atoms with E-state index in [1.54, 1.807) is 45.3 Å². The topological polar surface area (TPSA) is 55.6 Å². The number of ether oxygens (including phenoxy) is 1. The summed E-state index contributed by atoms with van der Waals surface area (Å²) in [5.41, 5.74) is 7.35. The van der Waals surface area contributed by atoms with Crippen LogP contribution in [0.5, 0.6) is 11.5 Å². The zero-order valence-electron chi connectivity index (χ0n) is 12.2. The number of nitrogens with zero attached hydrogens (tertiary/aromatic N) is 1. The maximum absolute atomic E-state index is 13.3. The molecule has 1 amide bonds. The quantitative estimate of drug-likeness (QED) is 0.882. The van der Waals surface area contributed by atoms with E-state index in [4.69, 9.17) is 10.5 Å². The highest BCUT2D eigenvalue weighted by molar-refractivity contribution is 5.97. The Bertz CT molecular complexity index is 684. The number of carbonyl (C=O) groups is 1. The Morgan fingerprint density at radius 2 is 1.86 bits per heavy atom. The summed E-state index contributed by atoms with van der Waals surface area (Å²) in [6.07, 6.45) is 0. The first-order chi connectivity index (χ1) is 9.88. The third kappa shape index (κ3) is 3.31. The second kappa shape index (κ2) is 5.83. The number of carbonyl (C=O) groups excluding carboxylic acids is 1. The smallest absolute Gasteiger partial charge is 0.257 e. The minimum Gasteiger partial charge on any atom is -0.456 e. The van der Waals surface area contributed by atoms with Gasteiger partial charge in [0, 0.05) is 31.9 Å². The van der Waals surface area contributed by atoms with Gasteiger partial charge in [0.2, 0.25) is 0 Å². The molecule has 0 saturated heterocycles. The number of nitrogen functional groups attached to an aromatic ring is 1. The molecular formula is C16H17FN2O2. The van der Waals surface area contributed by atoms with Gasteiger partial charge in [-0.2, -0.15) is 0 Å². The van der Waals surface area contributed by atoms with Gasteiger partial charge in [-0.3, -0.25) is 4.79 Å². The van der Waals surface area contributed by atoms with Crippen LogP contribution in [0.1, 0.15) is 15.9 Å². The summed E-state index contributed by atoms with van der Waals surface area (Å²) in [7, 11) is 3.30. The monoisotopic (exact) mass is 288 g/mol. The molecule has 2 rings (SSSR count). The first-order valence-corrected chi connectivity index (χ1v) is 6.43. The number of anilines is 1. The summed E-state index contributed by atoms with van der Waals surface area (Å²) in [6.45, 7) is 1.80. The average molecular weight is 288 g/mol. The predicted molar refractivity (Wildman–Crippen MR) is 80.1 cm³/mol. The van der Waals surface area contributed by atoms with Crippen molar-refractivity contribution >= 4 is 11.6 Å². The Morgan fingerprint density at radius 3 is 2.52 bits per heavy atom. The van der Waals surface area contributed by atoms with E-state index in [2.05, 4.69) is 0 Å². The number of nitrogens with two attached hydrogens (primary N) is 1. The van der Waals surface area contributed by atoms with Gasteiger partial charge in [0.05, 0.1) is 5.56 Å². The fraction of sp³-hybridized carbons (Fsp3) is 0.188. The third-order valence-electron chi connectivity index (χ3n) is 3.01. The molecule has 0 saturated carbocycles. The van der Waals surface area contributed by atoms with Crippen LogP contribution in [-0.2, 0) is 0 Å². The molecule has 2 aromatic rings. The molecule has 0 aliphatic carbocycles. The van der Waals surface area contributed by atoms with E-state index < -0.39 is 5.82 Å². The van der Waals surface area contributed by atoms with Crippen LogP contribution < -0.4 is 10.5 Å². The van der Waals surface area contributed by atoms with Crippen molar-refractivity contribution in [3.05, 3.63) is 53.3 Å². The van der Waals surface area contributed by atoms with E-state index in [0.717, 1.165) is 5.56 Å². The largest absolute Gasteiger partial charge is 0.456 e. The van der Waals surface area contributed by atoms with Crippen molar-refractivity contribution in [2.24, 2.45) is 0 Å². The van der Waals surface area contributed by atoms with Crippen molar-refractivity contribution in [2.75, 3.05) is 19.8 Å². The lowest BCUT2D eigenvalue weighted by atomic mass is 10.1. The van der Waals surface area contributed by atoms with Gasteiger partial charge < -0.3 is 15.4 Å². The molecule has 110 valence electrons. The molecule has 0 aliphatic heterocycles. The molecule has 0 aromatic heterocycles. The van der Waals surface area contributed by atoms with E-state index in [0.29, 0.717) is 22.7 Å². The maximum Gasteiger partial charge on any atom is 0.257 e. The second-order valence-electron chi connectivity index (χ2n) is 4.97. The highest BCUT2D eigenvalue weighted by atomic mass is 19.1. The summed E-state index contributed by atoms with van der Waals surface area (Å²) in [5.74, 6) is 0.0508. The molecule has 21 heavy (non-hydrogen) atoms. The van der Waals surface area contributed by atoms with Crippen molar-refractivity contribution in [1.82, 2.24) is 4.90 Å². The van der Waals surface area contributed by atoms with Crippen LogP contribution >= 0.6 is 0 Å². The minimum atomic E-state index is -0.403. The molecule has 0 spiro atoms. The van der Waals surface area contributed by atoms with Crippen LogP contribution in [0.3, 0.4) is 0 Å². The predicted octanol–water partition coefficient (Wildman–Crippen LogP) is 3.21. The summed E-state index contributed by atoms with van der Waals surface area (Å²) in [4.78, 5) is 13.6. The summed E-state index contributed by atoms with van der Waals surface area (Å²) in [6, 6.07) is 9.03. The van der Waals surface area contributed by atoms with Crippen molar-refractivity contribution in [1.29, 1.82) is 0 Å². The Balaban J connectivity index is 2.45. The zero-order chi connectivity index (χ0) is 15.6. The molecule has 4 nitrogen and oxygen atoms in total. The number of benzene rings is 2. The maximum atomic E-state index is 13.3. The van der Waals surface area contributed by atoms with Crippen LogP contribution in [0.25, 0.3) is 0 Å². The van der Waals surface area contributed by atoms with Crippen molar-refractivity contribution in [3.8, 4) is 11.5 Å². The minimum absolute atomic E-state index is 0.209. The first kappa shape index (κ1) is 14.8. The first-order valence-electron chi connectivity index (χ1n) is 6.43. The summed E-state index contributed by atoms with van der Waals surface area (Å²) >= 11 is 0. The number of aryl methyl sites for hydroxylation is 1. The molecule has 2 aromatic carbocycles. The van der Waals surface area contributed by atoms with Crippen molar-refractivity contribution in [3.63, 3.8) is 0 Å². The number of rotatable bonds is 3. The molecule has 2 N–H and O–H groups in total. The van der Waals surface area contributed by atoms with Gasteiger partial charge in [0.25, 0.3) is 5.91 Å². The van der Waals surface area contributed by atoms with E-state index in [-0.39, 0.29) is 5.91 Å².